The summed E-state index contributed by atoms with van der Waals surface area (Å²) in [4.78, 5) is 4.44. The second-order valence-corrected chi connectivity index (χ2v) is 5.00. The van der Waals surface area contributed by atoms with Crippen molar-refractivity contribution < 1.29 is 0 Å². The minimum Gasteiger partial charge on any atom is -0.369 e. The molecule has 3 aromatic rings. The zero-order chi connectivity index (χ0) is 13.4. The normalized spacial score (nSPS) is 11.1. The summed E-state index contributed by atoms with van der Waals surface area (Å²) in [6.45, 7) is 2.67. The monoisotopic (exact) mass is 271 g/mol. The van der Waals surface area contributed by atoms with E-state index in [0.717, 1.165) is 27.2 Å². The Hall–Kier alpha value is -2.00. The lowest BCUT2D eigenvalue weighted by Crippen LogP contribution is -2.04. The van der Waals surface area contributed by atoms with Crippen molar-refractivity contribution in [3.05, 3.63) is 58.6 Å². The third kappa shape index (κ3) is 2.06. The van der Waals surface area contributed by atoms with Crippen LogP contribution in [0.1, 0.15) is 11.1 Å². The Morgan fingerprint density at radius 2 is 1.95 bits per heavy atom. The number of nitrogens with zero attached hydrogens (tertiary/aromatic N) is 2. The summed E-state index contributed by atoms with van der Waals surface area (Å²) in [7, 11) is 0. The maximum atomic E-state index is 6.20. The van der Waals surface area contributed by atoms with Gasteiger partial charge in [0, 0.05) is 5.02 Å². The molecule has 0 aliphatic carbocycles. The van der Waals surface area contributed by atoms with Crippen molar-refractivity contribution in [3.63, 3.8) is 0 Å². The molecular formula is C15H14ClN3. The van der Waals surface area contributed by atoms with Gasteiger partial charge in [-0.1, -0.05) is 41.9 Å². The highest BCUT2D eigenvalue weighted by atomic mass is 35.5. The summed E-state index contributed by atoms with van der Waals surface area (Å²) in [5, 5.41) is 0.747. The van der Waals surface area contributed by atoms with Gasteiger partial charge in [-0.05, 0) is 30.2 Å². The van der Waals surface area contributed by atoms with Crippen molar-refractivity contribution in [2.24, 2.45) is 0 Å². The van der Waals surface area contributed by atoms with Gasteiger partial charge in [0.15, 0.2) is 0 Å². The molecule has 96 valence electrons. The highest BCUT2D eigenvalue weighted by Crippen LogP contribution is 2.24. The molecule has 3 rings (SSSR count). The Morgan fingerprint density at radius 3 is 2.74 bits per heavy atom. The number of fused-ring (bicyclic) bond motifs is 1. The number of aromatic nitrogens is 2. The number of benzene rings is 2. The number of nitrogen functional groups attached to an aromatic ring is 1. The van der Waals surface area contributed by atoms with Gasteiger partial charge in [-0.2, -0.15) is 0 Å². The molecule has 0 unspecified atom stereocenters. The quantitative estimate of drug-likeness (QED) is 0.773. The summed E-state index contributed by atoms with van der Waals surface area (Å²) in [5.41, 5.74) is 10.2. The fourth-order valence-corrected chi connectivity index (χ4v) is 2.46. The number of hydrogen-bond donors (Lipinski definition) is 1. The number of para-hydroxylation sites is 1. The summed E-state index contributed by atoms with van der Waals surface area (Å²) >= 11 is 6.20. The van der Waals surface area contributed by atoms with E-state index in [-0.39, 0.29) is 0 Å². The maximum absolute atomic E-state index is 6.20. The van der Waals surface area contributed by atoms with Gasteiger partial charge in [0.2, 0.25) is 5.95 Å². The van der Waals surface area contributed by atoms with Crippen LogP contribution in [-0.2, 0) is 6.54 Å². The first-order valence-electron chi connectivity index (χ1n) is 6.11. The van der Waals surface area contributed by atoms with Crippen molar-refractivity contribution >= 4 is 28.6 Å². The van der Waals surface area contributed by atoms with Gasteiger partial charge >= 0.3 is 0 Å². The lowest BCUT2D eigenvalue weighted by atomic mass is 10.2. The zero-order valence-electron chi connectivity index (χ0n) is 10.6. The van der Waals surface area contributed by atoms with Gasteiger partial charge in [0.1, 0.15) is 0 Å². The lowest BCUT2D eigenvalue weighted by Gasteiger charge is -2.08. The Morgan fingerprint density at radius 1 is 1.16 bits per heavy atom. The SMILES string of the molecule is Cc1cccc2c1nc(N)n2Cc1ccccc1Cl. The minimum atomic E-state index is 0.518. The molecule has 0 spiro atoms. The summed E-state index contributed by atoms with van der Waals surface area (Å²) in [5.74, 6) is 0.518. The van der Waals surface area contributed by atoms with Crippen LogP contribution in [-0.4, -0.2) is 9.55 Å². The van der Waals surface area contributed by atoms with Gasteiger partial charge in [-0.15, -0.1) is 0 Å². The largest absolute Gasteiger partial charge is 0.369 e. The smallest absolute Gasteiger partial charge is 0.201 e. The number of halogens is 1. The topological polar surface area (TPSA) is 43.8 Å². The van der Waals surface area contributed by atoms with Crippen LogP contribution in [0.3, 0.4) is 0 Å². The first-order chi connectivity index (χ1) is 9.16. The van der Waals surface area contributed by atoms with E-state index in [9.17, 15) is 0 Å². The molecule has 0 atom stereocenters. The molecule has 0 saturated carbocycles. The molecule has 0 aliphatic heterocycles. The molecule has 4 heteroatoms. The van der Waals surface area contributed by atoms with E-state index >= 15 is 0 Å². The van der Waals surface area contributed by atoms with Gasteiger partial charge < -0.3 is 10.3 Å². The van der Waals surface area contributed by atoms with Gasteiger partial charge in [0.25, 0.3) is 0 Å². The van der Waals surface area contributed by atoms with E-state index in [1.807, 2.05) is 54.0 Å². The van der Waals surface area contributed by atoms with Crippen LogP contribution in [0, 0.1) is 6.92 Å². The van der Waals surface area contributed by atoms with Crippen molar-refractivity contribution in [1.82, 2.24) is 9.55 Å². The van der Waals surface area contributed by atoms with Crippen LogP contribution in [0.15, 0.2) is 42.5 Å². The molecule has 19 heavy (non-hydrogen) atoms. The Labute approximate surface area is 116 Å². The van der Waals surface area contributed by atoms with Crippen molar-refractivity contribution in [1.29, 1.82) is 0 Å². The van der Waals surface area contributed by atoms with Crippen molar-refractivity contribution in [3.8, 4) is 0 Å². The molecule has 0 saturated heterocycles. The van der Waals surface area contributed by atoms with E-state index in [1.54, 1.807) is 0 Å². The van der Waals surface area contributed by atoms with Crippen LogP contribution in [0.2, 0.25) is 5.02 Å². The Balaban J connectivity index is 2.13. The average Bonchev–Trinajstić information content (AvgIpc) is 2.71. The molecule has 0 aliphatic rings. The Kier molecular flexibility index (Phi) is 2.91. The molecular weight excluding hydrogens is 258 g/mol. The third-order valence-electron chi connectivity index (χ3n) is 3.30. The highest BCUT2D eigenvalue weighted by Gasteiger charge is 2.11. The highest BCUT2D eigenvalue weighted by molar-refractivity contribution is 6.31. The van der Waals surface area contributed by atoms with Gasteiger partial charge in [-0.3, -0.25) is 0 Å². The molecule has 1 aromatic heterocycles. The first kappa shape index (κ1) is 12.1. The lowest BCUT2D eigenvalue weighted by molar-refractivity contribution is 0.838. The molecule has 0 bridgehead atoms. The Bertz CT molecular complexity index is 746. The predicted molar refractivity (Wildman–Crippen MR) is 79.4 cm³/mol. The minimum absolute atomic E-state index is 0.518. The van der Waals surface area contributed by atoms with Crippen LogP contribution in [0.4, 0.5) is 5.95 Å². The van der Waals surface area contributed by atoms with Crippen LogP contribution < -0.4 is 5.73 Å². The van der Waals surface area contributed by atoms with Gasteiger partial charge in [-0.25, -0.2) is 4.98 Å². The number of aryl methyl sites for hydroxylation is 1. The predicted octanol–water partition coefficient (Wildman–Crippen LogP) is 3.63. The standard InChI is InChI=1S/C15H14ClN3/c1-10-5-4-8-13-14(10)18-15(17)19(13)9-11-6-2-3-7-12(11)16/h2-8H,9H2,1H3,(H2,17,18). The molecule has 3 nitrogen and oxygen atoms in total. The maximum Gasteiger partial charge on any atom is 0.201 e. The number of anilines is 1. The molecule has 0 radical (unpaired) electrons. The van der Waals surface area contributed by atoms with E-state index in [0.29, 0.717) is 12.5 Å². The van der Waals surface area contributed by atoms with Crippen LogP contribution in [0.5, 0.6) is 0 Å². The zero-order valence-corrected chi connectivity index (χ0v) is 11.4. The van der Waals surface area contributed by atoms with Gasteiger partial charge in [0.05, 0.1) is 17.6 Å². The number of imidazole rings is 1. The fraction of sp³-hybridized carbons (Fsp3) is 0.133. The number of hydrogen-bond acceptors (Lipinski definition) is 2. The van der Waals surface area contributed by atoms with E-state index < -0.39 is 0 Å². The summed E-state index contributed by atoms with van der Waals surface area (Å²) < 4.78 is 1.99. The molecule has 0 fully saturated rings. The van der Waals surface area contributed by atoms with E-state index in [1.165, 1.54) is 0 Å². The van der Waals surface area contributed by atoms with Crippen molar-refractivity contribution in [2.45, 2.75) is 13.5 Å². The molecule has 2 N–H and O–H groups in total. The molecule has 0 amide bonds. The molecule has 1 heterocycles. The second-order valence-electron chi connectivity index (χ2n) is 4.59. The van der Waals surface area contributed by atoms with Crippen molar-refractivity contribution in [2.75, 3.05) is 5.73 Å². The molecule has 2 aromatic carbocycles. The van der Waals surface area contributed by atoms with E-state index in [4.69, 9.17) is 17.3 Å². The average molecular weight is 272 g/mol. The first-order valence-corrected chi connectivity index (χ1v) is 6.49. The second kappa shape index (κ2) is 4.59. The van der Waals surface area contributed by atoms with E-state index in [2.05, 4.69) is 4.98 Å². The third-order valence-corrected chi connectivity index (χ3v) is 3.67. The number of rotatable bonds is 2. The van der Waals surface area contributed by atoms with Crippen LogP contribution in [0.25, 0.3) is 11.0 Å². The summed E-state index contributed by atoms with van der Waals surface area (Å²) in [6.07, 6.45) is 0. The number of nitrogens with two attached hydrogens (primary N) is 1. The fourth-order valence-electron chi connectivity index (χ4n) is 2.27. The summed E-state index contributed by atoms with van der Waals surface area (Å²) in [6, 6.07) is 13.9. The van der Waals surface area contributed by atoms with Crippen LogP contribution >= 0.6 is 11.6 Å².